The Morgan fingerprint density at radius 3 is 2.19 bits per heavy atom. The Morgan fingerprint density at radius 2 is 1.65 bits per heavy atom. The van der Waals surface area contributed by atoms with E-state index in [9.17, 15) is 4.79 Å². The third-order valence-corrected chi connectivity index (χ3v) is 5.44. The summed E-state index contributed by atoms with van der Waals surface area (Å²) in [5, 5.41) is 12.2. The smallest absolute Gasteiger partial charge is 0.172 e. The average molecular weight is 370 g/mol. The second-order valence-corrected chi connectivity index (χ2v) is 7.12. The minimum Gasteiger partial charge on any atom is -0.497 e. The van der Waals surface area contributed by atoms with Crippen molar-refractivity contribution in [2.24, 2.45) is 0 Å². The van der Waals surface area contributed by atoms with Crippen LogP contribution in [0.5, 0.6) is 11.5 Å². The van der Waals surface area contributed by atoms with Crippen molar-refractivity contribution in [3.8, 4) is 11.5 Å². The van der Waals surface area contributed by atoms with E-state index in [1.807, 2.05) is 24.3 Å². The van der Waals surface area contributed by atoms with Gasteiger partial charge in [-0.05, 0) is 42.0 Å². The molecule has 0 aliphatic carbocycles. The normalized spacial score (nSPS) is 18.2. The zero-order chi connectivity index (χ0) is 18.5. The molecule has 26 heavy (non-hydrogen) atoms. The van der Waals surface area contributed by atoms with Gasteiger partial charge in [0.1, 0.15) is 11.5 Å². The maximum atomic E-state index is 13.3. The van der Waals surface area contributed by atoms with Crippen LogP contribution in [0.2, 0.25) is 0 Å². The highest BCUT2D eigenvalue weighted by atomic mass is 32.2. The van der Waals surface area contributed by atoms with Crippen LogP contribution in [0.3, 0.4) is 0 Å². The number of Topliss-reactive ketones (excluding diaryl/α,β-unsaturated/α-hetero) is 1. The highest BCUT2D eigenvalue weighted by molar-refractivity contribution is 8.14. The van der Waals surface area contributed by atoms with Crippen LogP contribution in [0, 0.1) is 5.41 Å². The molecule has 3 rings (SSSR count). The van der Waals surface area contributed by atoms with Crippen LogP contribution in [0.25, 0.3) is 0 Å². The van der Waals surface area contributed by atoms with Crippen LogP contribution in [0.15, 0.2) is 48.5 Å². The van der Waals surface area contributed by atoms with E-state index in [2.05, 4.69) is 5.32 Å². The lowest BCUT2D eigenvalue weighted by Gasteiger charge is -2.31. The predicted molar refractivity (Wildman–Crippen MR) is 105 cm³/mol. The predicted octanol–water partition coefficient (Wildman–Crippen LogP) is 3.35. The van der Waals surface area contributed by atoms with E-state index in [-0.39, 0.29) is 11.8 Å². The molecule has 2 atom stereocenters. The molecule has 1 fully saturated rings. The number of carbonyl (C=O) groups excluding carboxylic acids is 1. The number of rotatable bonds is 6. The van der Waals surface area contributed by atoms with Gasteiger partial charge in [-0.15, -0.1) is 11.8 Å². The number of nitrogens with one attached hydrogen (secondary N) is 2. The Balaban J connectivity index is 1.97. The van der Waals surface area contributed by atoms with E-state index in [0.717, 1.165) is 23.6 Å². The molecular formula is C20H22N2O3S. The molecule has 0 bridgehead atoms. The molecular weight excluding hydrogens is 348 g/mol. The maximum absolute atomic E-state index is 13.3. The Hall–Kier alpha value is -2.31. The maximum Gasteiger partial charge on any atom is 0.172 e. The fourth-order valence-electron chi connectivity index (χ4n) is 3.07. The van der Waals surface area contributed by atoms with Crippen molar-refractivity contribution in [1.29, 1.82) is 5.41 Å². The largest absolute Gasteiger partial charge is 0.497 e. The van der Waals surface area contributed by atoms with Crippen molar-refractivity contribution < 1.29 is 14.3 Å². The van der Waals surface area contributed by atoms with Gasteiger partial charge in [0.05, 0.1) is 31.2 Å². The molecule has 1 heterocycles. The topological polar surface area (TPSA) is 71.4 Å². The van der Waals surface area contributed by atoms with E-state index >= 15 is 0 Å². The van der Waals surface area contributed by atoms with Gasteiger partial charge in [-0.25, -0.2) is 0 Å². The molecule has 0 amide bonds. The number of ether oxygens (including phenoxy) is 2. The van der Waals surface area contributed by atoms with Crippen molar-refractivity contribution in [2.75, 3.05) is 26.5 Å². The van der Waals surface area contributed by atoms with Crippen molar-refractivity contribution >= 4 is 22.6 Å². The molecule has 0 spiro atoms. The first kappa shape index (κ1) is 18.5. The van der Waals surface area contributed by atoms with Crippen LogP contribution in [0.4, 0.5) is 0 Å². The van der Waals surface area contributed by atoms with Crippen molar-refractivity contribution in [2.45, 2.75) is 12.0 Å². The van der Waals surface area contributed by atoms with Gasteiger partial charge in [0.15, 0.2) is 5.78 Å². The first-order chi connectivity index (χ1) is 12.6. The lowest BCUT2D eigenvalue weighted by Crippen LogP contribution is -2.47. The van der Waals surface area contributed by atoms with E-state index in [4.69, 9.17) is 14.9 Å². The Labute approximate surface area is 157 Å². The summed E-state index contributed by atoms with van der Waals surface area (Å²) in [4.78, 5) is 13.3. The zero-order valence-electron chi connectivity index (χ0n) is 14.8. The van der Waals surface area contributed by atoms with Gasteiger partial charge in [-0.1, -0.05) is 12.1 Å². The van der Waals surface area contributed by atoms with Gasteiger partial charge < -0.3 is 14.8 Å². The Bertz CT molecular complexity index is 775. The highest BCUT2D eigenvalue weighted by Gasteiger charge is 2.35. The highest BCUT2D eigenvalue weighted by Crippen LogP contribution is 2.31. The van der Waals surface area contributed by atoms with Crippen molar-refractivity contribution in [3.63, 3.8) is 0 Å². The third-order valence-electron chi connectivity index (χ3n) is 4.47. The quantitative estimate of drug-likeness (QED) is 0.763. The summed E-state index contributed by atoms with van der Waals surface area (Å²) in [7, 11) is 3.21. The molecule has 2 aromatic rings. The number of hydrogen-bond donors (Lipinski definition) is 2. The van der Waals surface area contributed by atoms with E-state index in [1.54, 1.807) is 38.5 Å². The fourth-order valence-corrected chi connectivity index (χ4v) is 3.91. The lowest BCUT2D eigenvalue weighted by molar-refractivity contribution is 0.0951. The van der Waals surface area contributed by atoms with E-state index < -0.39 is 5.92 Å². The van der Waals surface area contributed by atoms with Gasteiger partial charge in [0.25, 0.3) is 0 Å². The summed E-state index contributed by atoms with van der Waals surface area (Å²) >= 11 is 1.50. The second kappa shape index (κ2) is 8.38. The standard InChI is InChI=1S/C20H22N2O3S/c1-24-15-7-3-13(4-8-15)17(18-20(21)26-12-11-22-18)19(23)14-5-9-16(25-2)10-6-14/h3-10,17-18,21-22H,11-12H2,1-2H3. The summed E-state index contributed by atoms with van der Waals surface area (Å²) < 4.78 is 10.4. The van der Waals surface area contributed by atoms with Crippen LogP contribution < -0.4 is 14.8 Å². The summed E-state index contributed by atoms with van der Waals surface area (Å²) in [5.74, 6) is 1.82. The molecule has 136 valence electrons. The summed E-state index contributed by atoms with van der Waals surface area (Å²) in [6, 6.07) is 14.3. The molecule has 2 unspecified atom stereocenters. The summed E-state index contributed by atoms with van der Waals surface area (Å²) in [6.45, 7) is 0.778. The lowest BCUT2D eigenvalue weighted by atomic mass is 9.84. The molecule has 5 nitrogen and oxygen atoms in total. The number of thioether (sulfide) groups is 1. The minimum atomic E-state index is -0.463. The number of ketones is 1. The first-order valence-corrected chi connectivity index (χ1v) is 9.39. The van der Waals surface area contributed by atoms with Gasteiger partial charge in [-0.2, -0.15) is 0 Å². The molecule has 0 saturated carbocycles. The number of carbonyl (C=O) groups is 1. The molecule has 1 aliphatic heterocycles. The molecule has 2 aromatic carbocycles. The summed E-state index contributed by atoms with van der Waals surface area (Å²) in [6.07, 6.45) is 0. The van der Waals surface area contributed by atoms with Crippen molar-refractivity contribution in [3.05, 3.63) is 59.7 Å². The second-order valence-electron chi connectivity index (χ2n) is 5.99. The minimum absolute atomic E-state index is 0.0115. The molecule has 0 aromatic heterocycles. The Kier molecular flexibility index (Phi) is 5.96. The number of benzene rings is 2. The molecule has 0 radical (unpaired) electrons. The van der Waals surface area contributed by atoms with Crippen LogP contribution in [-0.4, -0.2) is 43.4 Å². The Morgan fingerprint density at radius 1 is 1.08 bits per heavy atom. The number of methoxy groups -OCH3 is 2. The molecule has 1 aliphatic rings. The molecule has 6 heteroatoms. The fraction of sp³-hybridized carbons (Fsp3) is 0.300. The number of hydrogen-bond acceptors (Lipinski definition) is 6. The SMILES string of the molecule is COc1ccc(C(=O)C(c2ccc(OC)cc2)C2NCCSC2=N)cc1. The van der Waals surface area contributed by atoms with Gasteiger partial charge in [0.2, 0.25) is 0 Å². The van der Waals surface area contributed by atoms with Gasteiger partial charge in [-0.3, -0.25) is 10.2 Å². The average Bonchev–Trinajstić information content (AvgIpc) is 2.70. The monoisotopic (exact) mass is 370 g/mol. The van der Waals surface area contributed by atoms with Crippen LogP contribution >= 0.6 is 11.8 Å². The first-order valence-electron chi connectivity index (χ1n) is 8.41. The van der Waals surface area contributed by atoms with E-state index in [0.29, 0.717) is 16.4 Å². The van der Waals surface area contributed by atoms with E-state index in [1.165, 1.54) is 11.8 Å². The summed E-state index contributed by atoms with van der Waals surface area (Å²) in [5.41, 5.74) is 1.48. The van der Waals surface area contributed by atoms with Gasteiger partial charge in [0, 0.05) is 17.9 Å². The third kappa shape index (κ3) is 3.92. The zero-order valence-corrected chi connectivity index (χ0v) is 15.6. The molecule has 2 N–H and O–H groups in total. The molecule has 1 saturated heterocycles. The van der Waals surface area contributed by atoms with Crippen molar-refractivity contribution in [1.82, 2.24) is 5.32 Å². The van der Waals surface area contributed by atoms with Gasteiger partial charge >= 0.3 is 0 Å². The van der Waals surface area contributed by atoms with Crippen LogP contribution in [0.1, 0.15) is 21.8 Å². The van der Waals surface area contributed by atoms with Crippen LogP contribution in [-0.2, 0) is 0 Å².